The van der Waals surface area contributed by atoms with Gasteiger partial charge in [-0.2, -0.15) is 0 Å². The number of halogens is 1. The third kappa shape index (κ3) is 23.1. The van der Waals surface area contributed by atoms with Crippen LogP contribution in [0, 0.1) is 0 Å². The molecule has 0 bridgehead atoms. The average Bonchev–Trinajstić information content (AvgIpc) is 2.87. The van der Waals surface area contributed by atoms with Crippen molar-refractivity contribution in [3.63, 3.8) is 0 Å². The summed E-state index contributed by atoms with van der Waals surface area (Å²) in [4.78, 5) is 0. The predicted octanol–water partition coefficient (Wildman–Crippen LogP) is 2.18. The molecule has 0 saturated carbocycles. The first-order valence-electron chi connectivity index (χ1n) is 12.0. The molecule has 204 valence electrons. The zero-order valence-electron chi connectivity index (χ0n) is 20.7. The van der Waals surface area contributed by atoms with E-state index in [4.69, 9.17) is 48.4 Å². The quantitative estimate of drug-likeness (QED) is 0.0964. The van der Waals surface area contributed by atoms with Crippen LogP contribution in [0.5, 0.6) is 5.75 Å². The van der Waals surface area contributed by atoms with Gasteiger partial charge in [0, 0.05) is 11.0 Å². The Balaban J connectivity index is 1.65. The number of anilines is 1. The third-order valence-corrected chi connectivity index (χ3v) is 4.53. The normalized spacial score (nSPS) is 11.2. The number of ether oxygens (including phenoxy) is 9. The van der Waals surface area contributed by atoms with Crippen LogP contribution in [0.2, 0.25) is 0 Å². The lowest BCUT2D eigenvalue weighted by molar-refractivity contribution is -0.0233. The largest absolute Gasteiger partial charge is 0.491 e. The van der Waals surface area contributed by atoms with Gasteiger partial charge >= 0.3 is 0 Å². The molecule has 0 saturated heterocycles. The molecule has 1 rings (SSSR count). The fraction of sp³-hybridized carbons (Fsp3) is 0.750. The van der Waals surface area contributed by atoms with Crippen molar-refractivity contribution in [3.05, 3.63) is 24.3 Å². The predicted molar refractivity (Wildman–Crippen MR) is 137 cm³/mol. The summed E-state index contributed by atoms with van der Waals surface area (Å²) >= 11 is 3.30. The van der Waals surface area contributed by atoms with Gasteiger partial charge < -0.3 is 48.4 Å². The molecule has 1 aromatic carbocycles. The third-order valence-electron chi connectivity index (χ3n) is 4.20. The molecule has 35 heavy (non-hydrogen) atoms. The van der Waals surface area contributed by atoms with Crippen LogP contribution < -0.4 is 10.5 Å². The minimum Gasteiger partial charge on any atom is -0.491 e. The van der Waals surface area contributed by atoms with Gasteiger partial charge in [0.1, 0.15) is 12.4 Å². The Morgan fingerprint density at radius 1 is 0.429 bits per heavy atom. The molecule has 0 fully saturated rings. The molecule has 0 aliphatic rings. The molecule has 0 radical (unpaired) electrons. The van der Waals surface area contributed by atoms with Crippen molar-refractivity contribution in [1.29, 1.82) is 0 Å². The molecule has 0 aliphatic carbocycles. The molecule has 0 atom stereocenters. The summed E-state index contributed by atoms with van der Waals surface area (Å²) in [6.45, 7) is 9.20. The number of hydrogen-bond acceptors (Lipinski definition) is 10. The fourth-order valence-electron chi connectivity index (χ4n) is 2.48. The van der Waals surface area contributed by atoms with Crippen molar-refractivity contribution in [2.45, 2.75) is 0 Å². The van der Waals surface area contributed by atoms with Crippen molar-refractivity contribution >= 4 is 21.6 Å². The highest BCUT2D eigenvalue weighted by molar-refractivity contribution is 9.09. The first kappa shape index (κ1) is 32.0. The summed E-state index contributed by atoms with van der Waals surface area (Å²) < 4.78 is 48.9. The standard InChI is InChI=1S/C24H42BrNO9/c25-5-6-27-7-8-28-9-10-29-11-12-30-13-14-31-15-16-32-17-18-33-19-20-34-21-22-35-24-3-1-23(26)2-4-24/h1-4H,5-22,26H2. The summed E-state index contributed by atoms with van der Waals surface area (Å²) in [5.41, 5.74) is 6.34. The van der Waals surface area contributed by atoms with E-state index in [2.05, 4.69) is 15.9 Å². The smallest absolute Gasteiger partial charge is 0.119 e. The number of hydrogen-bond donors (Lipinski definition) is 1. The van der Waals surface area contributed by atoms with Crippen LogP contribution >= 0.6 is 15.9 Å². The van der Waals surface area contributed by atoms with Crippen molar-refractivity contribution in [2.24, 2.45) is 0 Å². The average molecular weight is 569 g/mol. The van der Waals surface area contributed by atoms with Gasteiger partial charge in [0.15, 0.2) is 0 Å². The summed E-state index contributed by atoms with van der Waals surface area (Å²) in [5.74, 6) is 0.776. The second kappa shape index (κ2) is 26.1. The van der Waals surface area contributed by atoms with E-state index >= 15 is 0 Å². The number of benzene rings is 1. The van der Waals surface area contributed by atoms with E-state index in [1.54, 1.807) is 12.1 Å². The molecule has 1 aromatic rings. The maximum atomic E-state index is 5.63. The first-order valence-corrected chi connectivity index (χ1v) is 13.1. The van der Waals surface area contributed by atoms with Crippen molar-refractivity contribution in [2.75, 3.05) is 123 Å². The maximum absolute atomic E-state index is 5.63. The highest BCUT2D eigenvalue weighted by Gasteiger charge is 1.96. The molecule has 0 spiro atoms. The lowest BCUT2D eigenvalue weighted by atomic mass is 10.3. The Morgan fingerprint density at radius 2 is 0.714 bits per heavy atom. The van der Waals surface area contributed by atoms with Gasteiger partial charge in [-0.25, -0.2) is 0 Å². The Labute approximate surface area is 217 Å². The van der Waals surface area contributed by atoms with Crippen molar-refractivity contribution in [1.82, 2.24) is 0 Å². The minimum absolute atomic E-state index is 0.482. The molecule has 2 N–H and O–H groups in total. The van der Waals surface area contributed by atoms with Crippen LogP contribution in [0.1, 0.15) is 0 Å². The maximum Gasteiger partial charge on any atom is 0.119 e. The summed E-state index contributed by atoms with van der Waals surface area (Å²) in [6.07, 6.45) is 0. The number of nitrogen functional groups attached to an aromatic ring is 1. The van der Waals surface area contributed by atoms with Crippen LogP contribution in [0.25, 0.3) is 0 Å². The molecule has 0 aromatic heterocycles. The van der Waals surface area contributed by atoms with Crippen LogP contribution in [-0.2, 0) is 37.9 Å². The monoisotopic (exact) mass is 567 g/mol. The number of alkyl halides is 1. The van der Waals surface area contributed by atoms with Crippen LogP contribution in [0.4, 0.5) is 5.69 Å². The molecular formula is C24H42BrNO9. The zero-order valence-corrected chi connectivity index (χ0v) is 22.3. The van der Waals surface area contributed by atoms with E-state index in [1.807, 2.05) is 12.1 Å². The van der Waals surface area contributed by atoms with E-state index in [0.717, 1.165) is 11.1 Å². The Kier molecular flexibility index (Phi) is 23.8. The second-order valence-corrected chi connectivity index (χ2v) is 7.80. The number of rotatable bonds is 27. The van der Waals surface area contributed by atoms with Gasteiger partial charge in [-0.05, 0) is 24.3 Å². The zero-order chi connectivity index (χ0) is 25.1. The SMILES string of the molecule is Nc1ccc(OCCOCCOCCOCCOCCOCCOCCOCCOCCBr)cc1. The summed E-state index contributed by atoms with van der Waals surface area (Å²) in [7, 11) is 0. The molecular weight excluding hydrogens is 526 g/mol. The van der Waals surface area contributed by atoms with Gasteiger partial charge in [-0.1, -0.05) is 15.9 Å². The highest BCUT2D eigenvalue weighted by Crippen LogP contribution is 2.12. The van der Waals surface area contributed by atoms with E-state index in [0.29, 0.717) is 118 Å². The van der Waals surface area contributed by atoms with Gasteiger partial charge in [-0.3, -0.25) is 0 Å². The molecule has 10 nitrogen and oxygen atoms in total. The summed E-state index contributed by atoms with van der Waals surface area (Å²) in [6, 6.07) is 7.27. The van der Waals surface area contributed by atoms with Gasteiger partial charge in [0.2, 0.25) is 0 Å². The molecule has 0 heterocycles. The van der Waals surface area contributed by atoms with Crippen molar-refractivity contribution < 1.29 is 42.6 Å². The molecule has 0 aliphatic heterocycles. The Morgan fingerprint density at radius 3 is 1.03 bits per heavy atom. The van der Waals surface area contributed by atoms with Crippen LogP contribution in [-0.4, -0.2) is 118 Å². The topological polar surface area (TPSA) is 109 Å². The Hall–Kier alpha value is -1.02. The van der Waals surface area contributed by atoms with E-state index in [1.165, 1.54) is 0 Å². The molecule has 0 amide bonds. The lowest BCUT2D eigenvalue weighted by Crippen LogP contribution is -2.15. The van der Waals surface area contributed by atoms with E-state index < -0.39 is 0 Å². The van der Waals surface area contributed by atoms with E-state index in [9.17, 15) is 0 Å². The van der Waals surface area contributed by atoms with Gasteiger partial charge in [-0.15, -0.1) is 0 Å². The fourth-order valence-corrected chi connectivity index (χ4v) is 2.71. The van der Waals surface area contributed by atoms with Crippen LogP contribution in [0.15, 0.2) is 24.3 Å². The van der Waals surface area contributed by atoms with Crippen molar-refractivity contribution in [3.8, 4) is 5.75 Å². The van der Waals surface area contributed by atoms with E-state index in [-0.39, 0.29) is 0 Å². The first-order chi connectivity index (χ1) is 17.3. The van der Waals surface area contributed by atoms with Crippen LogP contribution in [0.3, 0.4) is 0 Å². The minimum atomic E-state index is 0.482. The highest BCUT2D eigenvalue weighted by atomic mass is 79.9. The Bertz CT molecular complexity index is 554. The second-order valence-electron chi connectivity index (χ2n) is 7.01. The molecule has 11 heteroatoms. The molecule has 0 unspecified atom stereocenters. The van der Waals surface area contributed by atoms with Gasteiger partial charge in [0.05, 0.1) is 106 Å². The number of nitrogens with two attached hydrogens (primary N) is 1. The summed E-state index contributed by atoms with van der Waals surface area (Å²) in [5, 5.41) is 0.840. The lowest BCUT2D eigenvalue weighted by Gasteiger charge is -2.09. The van der Waals surface area contributed by atoms with Gasteiger partial charge in [0.25, 0.3) is 0 Å².